The van der Waals surface area contributed by atoms with Crippen LogP contribution in [0, 0.1) is 10.1 Å². The minimum atomic E-state index is -1.29. The maximum absolute atomic E-state index is 12.6. The lowest BCUT2D eigenvalue weighted by atomic mass is 10.1. The fourth-order valence-corrected chi connectivity index (χ4v) is 2.29. The van der Waals surface area contributed by atoms with Crippen molar-refractivity contribution in [1.82, 2.24) is 4.90 Å². The summed E-state index contributed by atoms with van der Waals surface area (Å²) in [5.74, 6) is -1.62. The maximum Gasteiger partial charge on any atom is 0.335 e. The lowest BCUT2D eigenvalue weighted by Crippen LogP contribution is -2.34. The van der Waals surface area contributed by atoms with Gasteiger partial charge in [-0.2, -0.15) is 0 Å². The van der Waals surface area contributed by atoms with Crippen molar-refractivity contribution < 1.29 is 19.6 Å². The van der Waals surface area contributed by atoms with E-state index in [0.717, 1.165) is 37.8 Å². The van der Waals surface area contributed by atoms with E-state index in [1.807, 2.05) is 6.92 Å². The number of non-ortho nitro benzene ring substituents is 1. The molecule has 118 valence electrons. The molecule has 0 spiro atoms. The van der Waals surface area contributed by atoms with Crippen molar-refractivity contribution in [1.29, 1.82) is 0 Å². The Morgan fingerprint density at radius 2 is 1.95 bits per heavy atom. The Morgan fingerprint density at radius 1 is 1.32 bits per heavy atom. The highest BCUT2D eigenvalue weighted by molar-refractivity contribution is 5.98. The molecule has 7 heteroatoms. The number of nitro groups is 1. The third-order valence-electron chi connectivity index (χ3n) is 3.62. The summed E-state index contributed by atoms with van der Waals surface area (Å²) >= 11 is 0. The zero-order valence-corrected chi connectivity index (χ0v) is 12.3. The highest BCUT2D eigenvalue weighted by Gasteiger charge is 2.33. The quantitative estimate of drug-likeness (QED) is 0.616. The van der Waals surface area contributed by atoms with Crippen LogP contribution in [0.4, 0.5) is 5.69 Å². The molecule has 1 aliphatic rings. The first-order chi connectivity index (χ1) is 10.4. The number of carbonyl (C=O) groups is 2. The average molecular weight is 306 g/mol. The van der Waals surface area contributed by atoms with Gasteiger partial charge in [-0.15, -0.1) is 0 Å². The highest BCUT2D eigenvalue weighted by atomic mass is 16.6. The molecule has 7 nitrogen and oxygen atoms in total. The van der Waals surface area contributed by atoms with E-state index in [4.69, 9.17) is 5.11 Å². The van der Waals surface area contributed by atoms with E-state index < -0.39 is 10.9 Å². The Morgan fingerprint density at radius 3 is 2.45 bits per heavy atom. The molecular weight excluding hydrogens is 288 g/mol. The van der Waals surface area contributed by atoms with Crippen LogP contribution in [-0.2, 0) is 0 Å². The second-order valence-electron chi connectivity index (χ2n) is 5.41. The molecule has 1 aromatic carbocycles. The van der Waals surface area contributed by atoms with Crippen LogP contribution in [0.1, 0.15) is 53.3 Å². The molecule has 1 aliphatic carbocycles. The van der Waals surface area contributed by atoms with Gasteiger partial charge in [0.25, 0.3) is 11.6 Å². The number of carboxylic acids is 1. The van der Waals surface area contributed by atoms with Gasteiger partial charge in [0.15, 0.2) is 0 Å². The molecule has 0 unspecified atom stereocenters. The minimum Gasteiger partial charge on any atom is -0.478 e. The number of hydrogen-bond acceptors (Lipinski definition) is 4. The lowest BCUT2D eigenvalue weighted by Gasteiger charge is -2.22. The summed E-state index contributed by atoms with van der Waals surface area (Å²) in [6, 6.07) is 3.49. The van der Waals surface area contributed by atoms with Crippen LogP contribution in [0.15, 0.2) is 18.2 Å². The van der Waals surface area contributed by atoms with Crippen LogP contribution >= 0.6 is 0 Å². The van der Waals surface area contributed by atoms with Crippen molar-refractivity contribution in [3.05, 3.63) is 39.4 Å². The number of rotatable bonds is 7. The third kappa shape index (κ3) is 3.60. The van der Waals surface area contributed by atoms with Crippen molar-refractivity contribution in [3.63, 3.8) is 0 Å². The Labute approximate surface area is 127 Å². The summed E-state index contributed by atoms with van der Waals surface area (Å²) in [6.45, 7) is 2.61. The number of benzene rings is 1. The molecule has 1 saturated carbocycles. The SMILES string of the molecule is CCCCN(C(=O)c1cc(C(=O)O)cc([N+](=O)[O-])c1)C1CC1. The molecule has 0 bridgehead atoms. The highest BCUT2D eigenvalue weighted by Crippen LogP contribution is 2.29. The van der Waals surface area contributed by atoms with Crippen molar-refractivity contribution in [2.24, 2.45) is 0 Å². The largest absolute Gasteiger partial charge is 0.478 e. The van der Waals surface area contributed by atoms with Gasteiger partial charge in [-0.25, -0.2) is 4.79 Å². The van der Waals surface area contributed by atoms with Gasteiger partial charge in [0.2, 0.25) is 0 Å². The first-order valence-corrected chi connectivity index (χ1v) is 7.27. The number of carbonyl (C=O) groups excluding carboxylic acids is 1. The number of nitro benzene ring substituents is 1. The van der Waals surface area contributed by atoms with Crippen LogP contribution < -0.4 is 0 Å². The van der Waals surface area contributed by atoms with Crippen molar-refractivity contribution in [2.45, 2.75) is 38.6 Å². The van der Waals surface area contributed by atoms with Gasteiger partial charge in [-0.3, -0.25) is 14.9 Å². The van der Waals surface area contributed by atoms with Gasteiger partial charge in [-0.1, -0.05) is 13.3 Å². The summed E-state index contributed by atoms with van der Waals surface area (Å²) in [4.78, 5) is 35.6. The standard InChI is InChI=1S/C15H18N2O5/c1-2-3-6-16(12-4-5-12)14(18)10-7-11(15(19)20)9-13(8-10)17(21)22/h7-9,12H,2-6H2,1H3,(H,19,20). The van der Waals surface area contributed by atoms with E-state index >= 15 is 0 Å². The molecule has 0 atom stereocenters. The molecule has 1 fully saturated rings. The normalized spacial score (nSPS) is 13.7. The number of carboxylic acid groups (broad SMARTS) is 1. The van der Waals surface area contributed by atoms with Crippen LogP contribution in [0.25, 0.3) is 0 Å². The number of amides is 1. The number of hydrogen-bond donors (Lipinski definition) is 1. The molecule has 0 radical (unpaired) electrons. The van der Waals surface area contributed by atoms with Crippen LogP contribution in [0.2, 0.25) is 0 Å². The predicted molar refractivity (Wildman–Crippen MR) is 79.0 cm³/mol. The number of nitrogens with zero attached hydrogens (tertiary/aromatic N) is 2. The van der Waals surface area contributed by atoms with E-state index in [9.17, 15) is 19.7 Å². The fourth-order valence-electron chi connectivity index (χ4n) is 2.29. The Hall–Kier alpha value is -2.44. The van der Waals surface area contributed by atoms with Gasteiger partial charge < -0.3 is 10.0 Å². The van der Waals surface area contributed by atoms with Crippen LogP contribution in [0.3, 0.4) is 0 Å². The molecule has 2 rings (SSSR count). The molecule has 0 aliphatic heterocycles. The van der Waals surface area contributed by atoms with Gasteiger partial charge in [0.05, 0.1) is 10.5 Å². The molecule has 1 amide bonds. The van der Waals surface area contributed by atoms with E-state index in [1.165, 1.54) is 6.07 Å². The van der Waals surface area contributed by atoms with Gasteiger partial charge >= 0.3 is 5.97 Å². The number of unbranched alkanes of at least 4 members (excludes halogenated alkanes) is 1. The van der Waals surface area contributed by atoms with Gasteiger partial charge in [0.1, 0.15) is 0 Å². The van der Waals surface area contributed by atoms with Crippen molar-refractivity contribution in [2.75, 3.05) is 6.54 Å². The monoisotopic (exact) mass is 306 g/mol. The van der Waals surface area contributed by atoms with E-state index in [1.54, 1.807) is 4.90 Å². The third-order valence-corrected chi connectivity index (χ3v) is 3.62. The molecule has 0 saturated heterocycles. The summed E-state index contributed by atoms with van der Waals surface area (Å²) in [7, 11) is 0. The zero-order valence-electron chi connectivity index (χ0n) is 12.3. The zero-order chi connectivity index (χ0) is 16.3. The minimum absolute atomic E-state index is 0.0644. The van der Waals surface area contributed by atoms with Crippen molar-refractivity contribution >= 4 is 17.6 Å². The van der Waals surface area contributed by atoms with Crippen LogP contribution in [0.5, 0.6) is 0 Å². The fraction of sp³-hybridized carbons (Fsp3) is 0.467. The summed E-state index contributed by atoms with van der Waals surface area (Å²) in [6.07, 6.45) is 3.64. The molecule has 1 N–H and O–H groups in total. The first-order valence-electron chi connectivity index (χ1n) is 7.27. The van der Waals surface area contributed by atoms with Crippen molar-refractivity contribution in [3.8, 4) is 0 Å². The Balaban J connectivity index is 2.34. The summed E-state index contributed by atoms with van der Waals surface area (Å²) in [5, 5.41) is 20.0. The molecule has 1 aromatic rings. The topological polar surface area (TPSA) is 101 Å². The first kappa shape index (κ1) is 15.9. The summed E-state index contributed by atoms with van der Waals surface area (Å²) < 4.78 is 0. The van der Waals surface area contributed by atoms with Gasteiger partial charge in [0, 0.05) is 30.3 Å². The summed E-state index contributed by atoms with van der Waals surface area (Å²) in [5.41, 5.74) is -0.562. The molecule has 0 aromatic heterocycles. The molecular formula is C15H18N2O5. The lowest BCUT2D eigenvalue weighted by molar-refractivity contribution is -0.384. The second kappa shape index (κ2) is 6.55. The average Bonchev–Trinajstić information content (AvgIpc) is 3.31. The number of aromatic carboxylic acids is 1. The Kier molecular flexibility index (Phi) is 4.75. The predicted octanol–water partition coefficient (Wildman–Crippen LogP) is 2.70. The van der Waals surface area contributed by atoms with E-state index in [2.05, 4.69) is 0 Å². The van der Waals surface area contributed by atoms with Gasteiger partial charge in [-0.05, 0) is 25.3 Å². The van der Waals surface area contributed by atoms with E-state index in [0.29, 0.717) is 6.54 Å². The Bertz CT molecular complexity index is 578. The maximum atomic E-state index is 12.6. The molecule has 0 heterocycles. The van der Waals surface area contributed by atoms with Crippen LogP contribution in [-0.4, -0.2) is 39.4 Å². The van der Waals surface area contributed by atoms with E-state index in [-0.39, 0.29) is 28.8 Å². The smallest absolute Gasteiger partial charge is 0.335 e. The second-order valence-corrected chi connectivity index (χ2v) is 5.41. The molecule has 22 heavy (non-hydrogen) atoms.